The summed E-state index contributed by atoms with van der Waals surface area (Å²) < 4.78 is 0. The number of hydrogen-bond donors (Lipinski definition) is 0. The molecule has 13 aromatic carbocycles. The molecule has 13 aromatic rings. The van der Waals surface area contributed by atoms with Gasteiger partial charge in [-0.05, 0) is 126 Å². The topological polar surface area (TPSA) is 0 Å². The maximum absolute atomic E-state index is 2.26. The number of hydrogen-bond acceptors (Lipinski definition) is 0. The molecule has 13 rings (SSSR count). The van der Waals surface area contributed by atoms with Crippen LogP contribution in [0, 0.1) is 24.7 Å². The summed E-state index contributed by atoms with van der Waals surface area (Å²) in [5.74, 6) is 4.07. The predicted molar refractivity (Wildman–Crippen MR) is 563 cm³/mol. The smallest absolute Gasteiger partial charge is 0.0105 e. The van der Waals surface area contributed by atoms with E-state index in [9.17, 15) is 0 Å². The maximum Gasteiger partial charge on any atom is -0.0105 e. The second kappa shape index (κ2) is 106. The van der Waals surface area contributed by atoms with Crippen molar-refractivity contribution in [1.82, 2.24) is 0 Å². The number of fused-ring (bicyclic) bond motifs is 6. The lowest BCUT2D eigenvalue weighted by molar-refractivity contribution is 0.626. The highest BCUT2D eigenvalue weighted by Gasteiger charge is 2.01. The Kier molecular flexibility index (Phi) is 130. The number of benzene rings is 13. The molecule has 0 fully saturated rings. The first-order valence-electron chi connectivity index (χ1n) is 41.0. The predicted octanol–water partition coefficient (Wildman–Crippen LogP) is 42.3. The Bertz CT molecular complexity index is 3400. The molecule has 0 amide bonds. The van der Waals surface area contributed by atoms with Crippen molar-refractivity contribution < 1.29 is 0 Å². The van der Waals surface area contributed by atoms with Gasteiger partial charge >= 0.3 is 0 Å². The van der Waals surface area contributed by atoms with Crippen LogP contribution in [0.2, 0.25) is 0 Å². The maximum atomic E-state index is 2.26. The summed E-state index contributed by atoms with van der Waals surface area (Å²) >= 11 is 0. The average molecular weight is 1590 g/mol. The minimum Gasteiger partial charge on any atom is -0.0776 e. The molecule has 0 aliphatic rings. The lowest BCUT2D eigenvalue weighted by atomic mass is 9.99. The van der Waals surface area contributed by atoms with Gasteiger partial charge in [0, 0.05) is 0 Å². The molecule has 0 spiro atoms. The van der Waals surface area contributed by atoms with Crippen molar-refractivity contribution in [2.45, 2.75) is 312 Å². The van der Waals surface area contributed by atoms with Gasteiger partial charge in [-0.15, -0.1) is 0 Å². The summed E-state index contributed by atoms with van der Waals surface area (Å²) in [6.07, 6.45) is 6.37. The summed E-state index contributed by atoms with van der Waals surface area (Å²) in [4.78, 5) is 0. The molecule has 0 saturated carbocycles. The summed E-state index contributed by atoms with van der Waals surface area (Å²) in [5.41, 5.74) is 4.22. The second-order valence-corrected chi connectivity index (χ2v) is 24.2. The van der Waals surface area contributed by atoms with Gasteiger partial charge in [-0.1, -0.05) is 608 Å². The van der Waals surface area contributed by atoms with Crippen LogP contribution in [-0.2, 0) is 0 Å². The van der Waals surface area contributed by atoms with Gasteiger partial charge in [-0.3, -0.25) is 0 Å². The van der Waals surface area contributed by atoms with Crippen LogP contribution in [-0.4, -0.2) is 0 Å². The Labute approximate surface area is 729 Å². The first-order valence-corrected chi connectivity index (χ1v) is 41.0. The van der Waals surface area contributed by atoms with Gasteiger partial charge in [0.2, 0.25) is 0 Å². The molecule has 0 aliphatic carbocycles. The van der Waals surface area contributed by atoms with E-state index >= 15 is 0 Å². The molecule has 0 saturated heterocycles. The van der Waals surface area contributed by atoms with E-state index in [1.807, 2.05) is 188 Å². The van der Waals surface area contributed by atoms with E-state index in [1.54, 1.807) is 0 Å². The van der Waals surface area contributed by atoms with E-state index in [-0.39, 0.29) is 74.3 Å². The molecule has 0 aromatic heterocycles. The third-order valence-electron chi connectivity index (χ3n) is 15.6. The molecule has 0 bridgehead atoms. The van der Waals surface area contributed by atoms with Crippen LogP contribution in [0.15, 0.2) is 334 Å². The van der Waals surface area contributed by atoms with E-state index < -0.39 is 0 Å². The number of rotatable bonds is 7. The van der Waals surface area contributed by atoms with Crippen molar-refractivity contribution in [2.75, 3.05) is 0 Å². The summed E-state index contributed by atoms with van der Waals surface area (Å²) in [7, 11) is 0. The molecule has 0 N–H and O–H groups in total. The van der Waals surface area contributed by atoms with Crippen LogP contribution in [0.4, 0.5) is 0 Å². The fourth-order valence-corrected chi connectivity index (χ4v) is 8.31. The summed E-state index contributed by atoms with van der Waals surface area (Å²) in [6.45, 7) is 59.0. The molecule has 0 heteroatoms. The molecule has 116 heavy (non-hydrogen) atoms. The molecule has 0 nitrogen and oxygen atoms in total. The zero-order valence-electron chi connectivity index (χ0n) is 72.7. The molecular formula is C116H194. The van der Waals surface area contributed by atoms with Crippen molar-refractivity contribution in [3.05, 3.63) is 350 Å². The molecular weight excluding hydrogens is 1390 g/mol. The van der Waals surface area contributed by atoms with Gasteiger partial charge in [-0.2, -0.15) is 0 Å². The highest BCUT2D eigenvalue weighted by Crippen LogP contribution is 2.25. The standard InChI is InChI=1S/2C14H10.C10H8.2C10H14.C7H8.2C6H6.3C5H12.7C2H6.10CH4/c1-3-7-13-11(5-1)9-10-12-6-2-4-8-14(12)13;1-2-6-12-10-14-8-4-3-7-13(14)9-11(12)5-1;1-2-6-10-8-4-3-7-9(10)5-1;2*1-3-9(2)10-7-5-4-6-8-10;1-7-5-3-2-4-6-7;2*1-2-4-6-5-3-1;3*1-4-5(2)3;7*1-2;;;;;;;;;;/h2*1-10H;1-8H;2*4-9H,3H2,1-2H3;2-6H,1H3;2*1-6H;3*5H,4H2,1-3H3;7*1-2H3;10*1H4. The Balaban J connectivity index is -0.0000000737. The number of aryl methyl sites for hydroxylation is 1. The van der Waals surface area contributed by atoms with Gasteiger partial charge in [0.05, 0.1) is 0 Å². The van der Waals surface area contributed by atoms with E-state index in [4.69, 9.17) is 0 Å². The van der Waals surface area contributed by atoms with Crippen molar-refractivity contribution in [3.63, 3.8) is 0 Å². The zero-order chi connectivity index (χ0) is 80.8. The van der Waals surface area contributed by atoms with Crippen molar-refractivity contribution in [2.24, 2.45) is 17.8 Å². The van der Waals surface area contributed by atoms with Crippen LogP contribution < -0.4 is 0 Å². The lowest BCUT2D eigenvalue weighted by Gasteiger charge is -2.06. The SMILES string of the molecule is C.C.C.C.C.C.C.C.C.C.CC.CC.CC.CC.CC.CC.CC.CCC(C)C.CCC(C)C.CCC(C)C.CCC(C)c1ccccc1.CCC(C)c1ccccc1.Cc1ccccc1.c1ccc2c(c1)ccc1ccccc12.c1ccc2cc3ccccc3cc2c1.c1ccc2ccccc2c1.c1ccccc1.c1ccccc1. The van der Waals surface area contributed by atoms with E-state index in [1.165, 1.54) is 103 Å². The van der Waals surface area contributed by atoms with Crippen molar-refractivity contribution >= 4 is 53.9 Å². The Morgan fingerprint density at radius 2 is 0.319 bits per heavy atom. The molecule has 658 valence electrons. The third-order valence-corrected chi connectivity index (χ3v) is 15.6. The van der Waals surface area contributed by atoms with Gasteiger partial charge in [0.15, 0.2) is 0 Å². The second-order valence-electron chi connectivity index (χ2n) is 24.2. The lowest BCUT2D eigenvalue weighted by Crippen LogP contribution is -1.88. The minimum atomic E-state index is 0. The monoisotopic (exact) mass is 1590 g/mol. The zero-order valence-corrected chi connectivity index (χ0v) is 72.7. The fourth-order valence-electron chi connectivity index (χ4n) is 8.31. The fraction of sp³-hybridized carbons (Fsp3) is 0.414. The average Bonchev–Trinajstić information content (AvgIpc) is 0.809. The van der Waals surface area contributed by atoms with Crippen LogP contribution in [0.25, 0.3) is 53.9 Å². The quantitative estimate of drug-likeness (QED) is 0.110. The minimum absolute atomic E-state index is 0. The van der Waals surface area contributed by atoms with E-state index in [0.717, 1.165) is 17.8 Å². The van der Waals surface area contributed by atoms with E-state index in [0.29, 0.717) is 11.8 Å². The largest absolute Gasteiger partial charge is 0.0776 e. The Morgan fingerprint density at radius 1 is 0.172 bits per heavy atom. The molecule has 2 atom stereocenters. The van der Waals surface area contributed by atoms with Crippen molar-refractivity contribution in [3.8, 4) is 0 Å². The van der Waals surface area contributed by atoms with Crippen LogP contribution in [0.1, 0.15) is 322 Å². The molecule has 0 aliphatic heterocycles. The third kappa shape index (κ3) is 74.0. The van der Waals surface area contributed by atoms with Gasteiger partial charge in [0.25, 0.3) is 0 Å². The van der Waals surface area contributed by atoms with Gasteiger partial charge < -0.3 is 0 Å². The van der Waals surface area contributed by atoms with E-state index in [2.05, 4.69) is 340 Å². The van der Waals surface area contributed by atoms with Crippen molar-refractivity contribution in [1.29, 1.82) is 0 Å². The molecule has 2 unspecified atom stereocenters. The molecule has 0 radical (unpaired) electrons. The van der Waals surface area contributed by atoms with Crippen LogP contribution >= 0.6 is 0 Å². The first kappa shape index (κ1) is 142. The Morgan fingerprint density at radius 3 is 0.483 bits per heavy atom. The highest BCUT2D eigenvalue weighted by molar-refractivity contribution is 6.07. The molecule has 0 heterocycles. The normalized spacial score (nSPS) is 8.68. The Hall–Kier alpha value is -8.84. The van der Waals surface area contributed by atoms with Gasteiger partial charge in [0.1, 0.15) is 0 Å². The van der Waals surface area contributed by atoms with Crippen LogP contribution in [0.5, 0.6) is 0 Å². The summed E-state index contributed by atoms with van der Waals surface area (Å²) in [6, 6.07) is 115. The highest BCUT2D eigenvalue weighted by atomic mass is 14.1. The van der Waals surface area contributed by atoms with Gasteiger partial charge in [-0.25, -0.2) is 0 Å². The van der Waals surface area contributed by atoms with Crippen LogP contribution in [0.3, 0.4) is 0 Å². The first-order chi connectivity index (χ1) is 51.7. The summed E-state index contributed by atoms with van der Waals surface area (Å²) in [5, 5.41) is 13.2.